The molecule has 84 valence electrons. The van der Waals surface area contributed by atoms with Crippen LogP contribution in [-0.4, -0.2) is 27.8 Å². The highest BCUT2D eigenvalue weighted by molar-refractivity contribution is 9.09. The smallest absolute Gasteiger partial charge is 0.0794 e. The highest BCUT2D eigenvalue weighted by Gasteiger charge is 2.21. The van der Waals surface area contributed by atoms with E-state index in [0.717, 1.165) is 17.9 Å². The molecule has 1 aromatic rings. The van der Waals surface area contributed by atoms with Crippen LogP contribution in [0.4, 0.5) is 0 Å². The third-order valence-electron chi connectivity index (χ3n) is 3.03. The normalized spacial score (nSPS) is 23.1. The number of thiazole rings is 1. The van der Waals surface area contributed by atoms with Crippen LogP contribution in [0.2, 0.25) is 0 Å². The van der Waals surface area contributed by atoms with Crippen LogP contribution in [-0.2, 0) is 6.54 Å². The minimum absolute atomic E-state index is 0.778. The molecule has 1 fully saturated rings. The number of hydrogen-bond donors (Lipinski definition) is 0. The first-order valence-corrected chi connectivity index (χ1v) is 7.57. The summed E-state index contributed by atoms with van der Waals surface area (Å²) in [5.74, 6) is 0. The summed E-state index contributed by atoms with van der Waals surface area (Å²) < 4.78 is 0. The number of hydrogen-bond acceptors (Lipinski definition) is 3. The fourth-order valence-corrected chi connectivity index (χ4v) is 3.39. The van der Waals surface area contributed by atoms with Gasteiger partial charge in [0.2, 0.25) is 0 Å². The standard InChI is InChI=1S/C11H17BrN2S/c12-5-4-10-3-1-2-6-14(10)8-11-7-13-9-15-11/h7,9-10H,1-6,8H2. The van der Waals surface area contributed by atoms with E-state index in [4.69, 9.17) is 0 Å². The minimum Gasteiger partial charge on any atom is -0.295 e. The summed E-state index contributed by atoms with van der Waals surface area (Å²) in [7, 11) is 0. The van der Waals surface area contributed by atoms with E-state index < -0.39 is 0 Å². The molecule has 1 aliphatic rings. The second-order valence-electron chi connectivity index (χ2n) is 4.07. The Labute approximate surface area is 104 Å². The van der Waals surface area contributed by atoms with Crippen LogP contribution in [0.15, 0.2) is 11.7 Å². The topological polar surface area (TPSA) is 16.1 Å². The lowest BCUT2D eigenvalue weighted by atomic mass is 10.00. The fraction of sp³-hybridized carbons (Fsp3) is 0.727. The lowest BCUT2D eigenvalue weighted by Gasteiger charge is -2.35. The molecule has 1 saturated heterocycles. The Kier molecular flexibility index (Phi) is 4.60. The van der Waals surface area contributed by atoms with Crippen LogP contribution in [0.1, 0.15) is 30.6 Å². The van der Waals surface area contributed by atoms with Gasteiger partial charge in [-0.25, -0.2) is 0 Å². The summed E-state index contributed by atoms with van der Waals surface area (Å²) >= 11 is 5.33. The van der Waals surface area contributed by atoms with E-state index in [1.807, 2.05) is 11.7 Å². The second kappa shape index (κ2) is 5.97. The molecule has 2 nitrogen and oxygen atoms in total. The van der Waals surface area contributed by atoms with Crippen LogP contribution in [0.3, 0.4) is 0 Å². The molecule has 4 heteroatoms. The maximum atomic E-state index is 4.14. The SMILES string of the molecule is BrCCC1CCCCN1Cc1cncs1. The summed E-state index contributed by atoms with van der Waals surface area (Å²) in [6.45, 7) is 2.36. The number of piperidine rings is 1. The summed E-state index contributed by atoms with van der Waals surface area (Å²) in [5.41, 5.74) is 1.93. The molecule has 15 heavy (non-hydrogen) atoms. The average Bonchev–Trinajstić information content (AvgIpc) is 2.74. The molecule has 1 aliphatic heterocycles. The van der Waals surface area contributed by atoms with Crippen LogP contribution >= 0.6 is 27.3 Å². The Morgan fingerprint density at radius 3 is 3.20 bits per heavy atom. The lowest BCUT2D eigenvalue weighted by molar-refractivity contribution is 0.138. The van der Waals surface area contributed by atoms with Crippen LogP contribution in [0.25, 0.3) is 0 Å². The molecular weight excluding hydrogens is 272 g/mol. The molecule has 0 N–H and O–H groups in total. The van der Waals surface area contributed by atoms with Crippen molar-refractivity contribution >= 4 is 27.3 Å². The van der Waals surface area contributed by atoms with E-state index in [1.54, 1.807) is 11.3 Å². The third kappa shape index (κ3) is 3.26. The van der Waals surface area contributed by atoms with E-state index in [9.17, 15) is 0 Å². The van der Waals surface area contributed by atoms with Crippen molar-refractivity contribution in [2.75, 3.05) is 11.9 Å². The number of halogens is 1. The number of likely N-dealkylation sites (tertiary alicyclic amines) is 1. The van der Waals surface area contributed by atoms with Crippen LogP contribution in [0.5, 0.6) is 0 Å². The van der Waals surface area contributed by atoms with Crippen molar-refractivity contribution in [3.63, 3.8) is 0 Å². The van der Waals surface area contributed by atoms with E-state index >= 15 is 0 Å². The van der Waals surface area contributed by atoms with Gasteiger partial charge in [0.15, 0.2) is 0 Å². The van der Waals surface area contributed by atoms with Crippen LogP contribution < -0.4 is 0 Å². The predicted octanol–water partition coefficient (Wildman–Crippen LogP) is 3.28. The molecule has 2 heterocycles. The van der Waals surface area contributed by atoms with Crippen molar-refractivity contribution in [2.24, 2.45) is 0 Å². The average molecular weight is 289 g/mol. The van der Waals surface area contributed by atoms with Crippen molar-refractivity contribution in [2.45, 2.75) is 38.3 Å². The van der Waals surface area contributed by atoms with Crippen molar-refractivity contribution < 1.29 is 0 Å². The number of aromatic nitrogens is 1. The summed E-state index contributed by atoms with van der Waals surface area (Å²) in [5, 5.41) is 1.12. The van der Waals surface area contributed by atoms with Gasteiger partial charge in [-0.1, -0.05) is 22.4 Å². The molecule has 1 aromatic heterocycles. The maximum absolute atomic E-state index is 4.14. The molecular formula is C11H17BrN2S. The Morgan fingerprint density at radius 2 is 2.47 bits per heavy atom. The molecule has 2 rings (SSSR count). The third-order valence-corrected chi connectivity index (χ3v) is 4.26. The van der Waals surface area contributed by atoms with E-state index in [1.165, 1.54) is 37.1 Å². The van der Waals surface area contributed by atoms with Gasteiger partial charge in [0.1, 0.15) is 0 Å². The first kappa shape index (κ1) is 11.6. The molecule has 0 radical (unpaired) electrons. The van der Waals surface area contributed by atoms with Gasteiger partial charge >= 0.3 is 0 Å². The van der Waals surface area contributed by atoms with Gasteiger partial charge in [-0.3, -0.25) is 9.88 Å². The predicted molar refractivity (Wildman–Crippen MR) is 68.6 cm³/mol. The summed E-state index contributed by atoms with van der Waals surface area (Å²) in [4.78, 5) is 8.16. The van der Waals surface area contributed by atoms with E-state index in [-0.39, 0.29) is 0 Å². The molecule has 0 aromatic carbocycles. The molecule has 0 bridgehead atoms. The largest absolute Gasteiger partial charge is 0.295 e. The van der Waals surface area contributed by atoms with Gasteiger partial charge in [-0.2, -0.15) is 0 Å². The lowest BCUT2D eigenvalue weighted by Crippen LogP contribution is -2.38. The number of nitrogens with zero attached hydrogens (tertiary/aromatic N) is 2. The molecule has 1 atom stereocenters. The first-order chi connectivity index (χ1) is 7.40. The quantitative estimate of drug-likeness (QED) is 0.791. The second-order valence-corrected chi connectivity index (χ2v) is 5.83. The number of alkyl halides is 1. The Morgan fingerprint density at radius 1 is 1.53 bits per heavy atom. The minimum atomic E-state index is 0.778. The molecule has 1 unspecified atom stereocenters. The Hall–Kier alpha value is 0.0700. The van der Waals surface area contributed by atoms with Crippen molar-refractivity contribution in [3.8, 4) is 0 Å². The van der Waals surface area contributed by atoms with Crippen molar-refractivity contribution in [1.29, 1.82) is 0 Å². The monoisotopic (exact) mass is 288 g/mol. The fourth-order valence-electron chi connectivity index (χ4n) is 2.24. The van der Waals surface area contributed by atoms with Gasteiger partial charge in [0.05, 0.1) is 5.51 Å². The van der Waals surface area contributed by atoms with Gasteiger partial charge in [0, 0.05) is 29.0 Å². The zero-order valence-corrected chi connectivity index (χ0v) is 11.3. The summed E-state index contributed by atoms with van der Waals surface area (Å²) in [6.07, 6.45) is 7.40. The van der Waals surface area contributed by atoms with Gasteiger partial charge in [-0.05, 0) is 25.8 Å². The highest BCUT2D eigenvalue weighted by atomic mass is 79.9. The maximum Gasteiger partial charge on any atom is 0.0794 e. The molecule has 0 amide bonds. The zero-order chi connectivity index (χ0) is 10.5. The van der Waals surface area contributed by atoms with Crippen molar-refractivity contribution in [1.82, 2.24) is 9.88 Å². The molecule has 0 saturated carbocycles. The van der Waals surface area contributed by atoms with Gasteiger partial charge < -0.3 is 0 Å². The van der Waals surface area contributed by atoms with E-state index in [2.05, 4.69) is 25.8 Å². The number of rotatable bonds is 4. The van der Waals surface area contributed by atoms with Crippen LogP contribution in [0, 0.1) is 0 Å². The Bertz CT molecular complexity index is 274. The highest BCUT2D eigenvalue weighted by Crippen LogP contribution is 2.23. The van der Waals surface area contributed by atoms with Gasteiger partial charge in [0.25, 0.3) is 0 Å². The Balaban J connectivity index is 1.92. The first-order valence-electron chi connectivity index (χ1n) is 5.57. The molecule has 0 spiro atoms. The zero-order valence-electron chi connectivity index (χ0n) is 8.86. The van der Waals surface area contributed by atoms with E-state index in [0.29, 0.717) is 0 Å². The van der Waals surface area contributed by atoms with Crippen molar-refractivity contribution in [3.05, 3.63) is 16.6 Å². The summed E-state index contributed by atoms with van der Waals surface area (Å²) in [6, 6.07) is 0.778. The van der Waals surface area contributed by atoms with Gasteiger partial charge in [-0.15, -0.1) is 11.3 Å². The molecule has 0 aliphatic carbocycles.